The van der Waals surface area contributed by atoms with Crippen molar-refractivity contribution in [2.45, 2.75) is 0 Å². The first-order valence-electron chi connectivity index (χ1n) is 30.2. The minimum absolute atomic E-state index is 0.498. The molecule has 0 atom stereocenters. The van der Waals surface area contributed by atoms with Gasteiger partial charge in [0, 0.05) is 10.8 Å². The Kier molecular flexibility index (Phi) is 2.50. The van der Waals surface area contributed by atoms with Gasteiger partial charge in [-0.25, -0.2) is 0 Å². The van der Waals surface area contributed by atoms with Gasteiger partial charge in [-0.1, -0.05) is 169 Å². The smallest absolute Gasteiger partial charge is 0.136 e. The predicted molar refractivity (Wildman–Crippen MR) is 218 cm³/mol. The van der Waals surface area contributed by atoms with Crippen LogP contribution in [0.25, 0.3) is 109 Å². The highest BCUT2D eigenvalue weighted by Crippen LogP contribution is 2.49. The van der Waals surface area contributed by atoms with Crippen LogP contribution in [0.15, 0.2) is 186 Å². The molecule has 0 saturated heterocycles. The molecule has 1 heterocycles. The summed E-state index contributed by atoms with van der Waals surface area (Å²) in [4.78, 5) is 0. The third kappa shape index (κ3) is 4.09. The molecule has 0 saturated carbocycles. The Hall–Kier alpha value is -6.70. The molecule has 0 fully saturated rings. The maximum atomic E-state index is 9.87. The van der Waals surface area contributed by atoms with Crippen LogP contribution in [0.1, 0.15) is 41.1 Å². The summed E-state index contributed by atoms with van der Waals surface area (Å²) in [5.74, 6) is 0. The molecule has 0 aliphatic heterocycles. The Labute approximate surface area is 336 Å². The molecule has 1 heteroatoms. The molecule has 0 unspecified atom stereocenters. The molecule has 11 aromatic rings. The van der Waals surface area contributed by atoms with Crippen molar-refractivity contribution in [3.05, 3.63) is 181 Å². The molecule has 51 heavy (non-hydrogen) atoms. The molecule has 0 aliphatic rings. The van der Waals surface area contributed by atoms with Gasteiger partial charge in [-0.3, -0.25) is 0 Å². The lowest BCUT2D eigenvalue weighted by Gasteiger charge is -2.20. The molecular weight excluding hydrogens is 617 g/mol. The average molecular weight is 677 g/mol. The second kappa shape index (κ2) is 10.9. The maximum absolute atomic E-state index is 9.87. The van der Waals surface area contributed by atoms with E-state index in [1.807, 2.05) is 0 Å². The zero-order valence-corrected chi connectivity index (χ0v) is 25.4. The van der Waals surface area contributed by atoms with Crippen molar-refractivity contribution < 1.29 is 45.5 Å². The summed E-state index contributed by atoms with van der Waals surface area (Å²) < 4.78 is 281. The fourth-order valence-electron chi connectivity index (χ4n) is 6.67. The zero-order valence-electron chi connectivity index (χ0n) is 55.4. The number of benzene rings is 10. The molecule has 11 rings (SSSR count). The largest absolute Gasteiger partial charge is 0.456 e. The summed E-state index contributed by atoms with van der Waals surface area (Å²) in [5, 5.41) is -8.48. The summed E-state index contributed by atoms with van der Waals surface area (Å²) in [7, 11) is 0. The number of rotatable bonds is 3. The second-order valence-corrected chi connectivity index (χ2v) is 11.3. The van der Waals surface area contributed by atoms with Crippen LogP contribution >= 0.6 is 0 Å². The van der Waals surface area contributed by atoms with Crippen molar-refractivity contribution in [2.24, 2.45) is 0 Å². The molecule has 0 amide bonds. The first kappa shape index (κ1) is 11.7. The van der Waals surface area contributed by atoms with E-state index in [0.29, 0.717) is 0 Å². The van der Waals surface area contributed by atoms with Crippen molar-refractivity contribution in [2.75, 3.05) is 0 Å². The molecule has 0 radical (unpaired) electrons. The highest BCUT2D eigenvalue weighted by molar-refractivity contribution is 6.28. The van der Waals surface area contributed by atoms with Crippen molar-refractivity contribution in [3.8, 4) is 33.4 Å². The van der Waals surface area contributed by atoms with Crippen molar-refractivity contribution in [3.63, 3.8) is 0 Å². The number of furan rings is 1. The van der Waals surface area contributed by atoms with Gasteiger partial charge < -0.3 is 4.42 Å². The molecular formula is C50H30O. The molecule has 0 bridgehead atoms. The quantitative estimate of drug-likeness (QED) is 0.170. The van der Waals surface area contributed by atoms with Crippen LogP contribution < -0.4 is 0 Å². The lowest BCUT2D eigenvalue weighted by Crippen LogP contribution is -1.93. The van der Waals surface area contributed by atoms with Gasteiger partial charge in [0.2, 0.25) is 0 Å². The Morgan fingerprint density at radius 3 is 1.37 bits per heavy atom. The summed E-state index contributed by atoms with van der Waals surface area (Å²) >= 11 is 0. The fraction of sp³-hybridized carbons (Fsp3) is 0. The van der Waals surface area contributed by atoms with Crippen LogP contribution in [0.5, 0.6) is 0 Å². The summed E-state index contributed by atoms with van der Waals surface area (Å²) in [6.07, 6.45) is 0. The number of fused-ring (bicyclic) bond motifs is 9. The standard InChI is InChI=1S/C50H30O/c1-3-18-34-31(13-1)15-9-24-36(34)47-38-20-5-7-22-40(38)48(41-23-8-6-21-39(41)47)43-27-11-17-33-16-10-25-37(46(33)43)42-26-12-28-44-50(42)49-35-19-4-2-14-32(35)29-30-45(49)51-44/h1-30H/i1D,2D,3D,4D,5D,6D,7D,8D,9D,10D,11D,12D,13D,14D,15D,16D,17D,18D,19D,20D,21D,22D,23D,24D,25D,26D,27D,28D,29D,30D. The van der Waals surface area contributed by atoms with E-state index >= 15 is 0 Å². The third-order valence-electron chi connectivity index (χ3n) is 8.70. The summed E-state index contributed by atoms with van der Waals surface area (Å²) in [6, 6.07) is -29.5. The van der Waals surface area contributed by atoms with E-state index in [2.05, 4.69) is 0 Å². The minimum Gasteiger partial charge on any atom is -0.456 e. The maximum Gasteiger partial charge on any atom is 0.136 e. The topological polar surface area (TPSA) is 13.1 Å². The van der Waals surface area contributed by atoms with E-state index in [1.54, 1.807) is 0 Å². The molecule has 1 aromatic heterocycles. The van der Waals surface area contributed by atoms with Crippen LogP contribution in [0.3, 0.4) is 0 Å². The Balaban J connectivity index is 1.53. The fourth-order valence-corrected chi connectivity index (χ4v) is 6.67. The summed E-state index contributed by atoms with van der Waals surface area (Å²) in [5.41, 5.74) is -6.26. The van der Waals surface area contributed by atoms with Crippen LogP contribution in [-0.2, 0) is 0 Å². The van der Waals surface area contributed by atoms with E-state index in [4.69, 9.17) is 29.1 Å². The van der Waals surface area contributed by atoms with Gasteiger partial charge in [0.15, 0.2) is 0 Å². The monoisotopic (exact) mass is 676 g/mol. The Bertz CT molecular complexity index is 4830. The molecule has 0 N–H and O–H groups in total. The lowest BCUT2D eigenvalue weighted by atomic mass is 9.82. The second-order valence-electron chi connectivity index (χ2n) is 11.3. The van der Waals surface area contributed by atoms with Gasteiger partial charge in [0.1, 0.15) is 11.2 Å². The van der Waals surface area contributed by atoms with Crippen molar-refractivity contribution in [1.82, 2.24) is 0 Å². The van der Waals surface area contributed by atoms with Gasteiger partial charge in [0.05, 0.1) is 41.1 Å². The van der Waals surface area contributed by atoms with Gasteiger partial charge in [-0.05, 0) is 99.3 Å². The molecule has 0 spiro atoms. The van der Waals surface area contributed by atoms with E-state index in [9.17, 15) is 16.4 Å². The zero-order chi connectivity index (χ0) is 59.6. The van der Waals surface area contributed by atoms with Crippen molar-refractivity contribution in [1.29, 1.82) is 0 Å². The number of hydrogen-bond donors (Lipinski definition) is 0. The Morgan fingerprint density at radius 2 is 0.706 bits per heavy atom. The molecule has 1 nitrogen and oxygen atoms in total. The van der Waals surface area contributed by atoms with E-state index in [0.717, 1.165) is 0 Å². The third-order valence-corrected chi connectivity index (χ3v) is 8.70. The van der Waals surface area contributed by atoms with Crippen LogP contribution in [0.4, 0.5) is 0 Å². The van der Waals surface area contributed by atoms with Crippen LogP contribution in [0.2, 0.25) is 0 Å². The molecule has 0 aliphatic carbocycles. The summed E-state index contributed by atoms with van der Waals surface area (Å²) in [6.45, 7) is 0. The van der Waals surface area contributed by atoms with Gasteiger partial charge in [-0.15, -0.1) is 0 Å². The first-order chi connectivity index (χ1) is 37.8. The average Bonchev–Trinajstić information content (AvgIpc) is 3.22. The minimum atomic E-state index is -1.14. The first-order valence-corrected chi connectivity index (χ1v) is 15.2. The molecule has 236 valence electrons. The molecule has 10 aromatic carbocycles. The van der Waals surface area contributed by atoms with E-state index in [-0.39, 0.29) is 0 Å². The highest BCUT2D eigenvalue weighted by atomic mass is 16.3. The van der Waals surface area contributed by atoms with Gasteiger partial charge >= 0.3 is 0 Å². The van der Waals surface area contributed by atoms with Gasteiger partial charge in [-0.2, -0.15) is 0 Å². The predicted octanol–water partition coefficient (Wildman–Crippen LogP) is 14.4. The highest BCUT2D eigenvalue weighted by Gasteiger charge is 2.22. The van der Waals surface area contributed by atoms with Crippen LogP contribution in [-0.4, -0.2) is 0 Å². The number of hydrogen-bond acceptors (Lipinski definition) is 1. The normalized spacial score (nSPS) is 20.2. The van der Waals surface area contributed by atoms with E-state index < -0.39 is 290 Å². The van der Waals surface area contributed by atoms with Crippen LogP contribution in [0, 0.1) is 0 Å². The Morgan fingerprint density at radius 1 is 0.275 bits per heavy atom. The van der Waals surface area contributed by atoms with Gasteiger partial charge in [0.25, 0.3) is 0 Å². The van der Waals surface area contributed by atoms with E-state index in [1.165, 1.54) is 0 Å². The lowest BCUT2D eigenvalue weighted by molar-refractivity contribution is 0.669. The SMILES string of the molecule is [2H]c1c([2H])c(-c2c([2H])c([2H])c([2H])c3c([2H])c([2H])c([2H])c(-c4c5c([2H])c([2H])c([2H])c([2H])c5c(-c5c([2H])c([2H])c([2H])c6c([2H])c([2H])c([2H])c([2H])c56)c5c([2H])c([2H])c([2H])c([2H])c45)c23)c2c(oc3c([2H])c([2H])c4c([2H])c([2H])c([2H])c([2H])c4c32)c1[2H]. The van der Waals surface area contributed by atoms with Crippen molar-refractivity contribution >= 4 is 75.8 Å².